The van der Waals surface area contributed by atoms with Gasteiger partial charge in [-0.15, -0.1) is 0 Å². The highest BCUT2D eigenvalue weighted by atomic mass is 35.5. The van der Waals surface area contributed by atoms with Crippen molar-refractivity contribution < 1.29 is 4.79 Å². The summed E-state index contributed by atoms with van der Waals surface area (Å²) >= 11 is 12.0. The molecule has 0 spiro atoms. The third kappa shape index (κ3) is 3.00. The van der Waals surface area contributed by atoms with Crippen LogP contribution in [0, 0.1) is 0 Å². The van der Waals surface area contributed by atoms with Crippen LogP contribution >= 0.6 is 23.2 Å². The maximum absolute atomic E-state index is 12.3. The van der Waals surface area contributed by atoms with Crippen LogP contribution in [0.2, 0.25) is 10.0 Å². The molecule has 1 aliphatic carbocycles. The lowest BCUT2D eigenvalue weighted by atomic mass is 9.92. The lowest BCUT2D eigenvalue weighted by Crippen LogP contribution is -2.39. The summed E-state index contributed by atoms with van der Waals surface area (Å²) in [4.78, 5) is 23.7. The highest BCUT2D eigenvalue weighted by Gasteiger charge is 2.23. The van der Waals surface area contributed by atoms with E-state index >= 15 is 0 Å². The molecule has 5 nitrogen and oxygen atoms in total. The van der Waals surface area contributed by atoms with E-state index in [1.54, 1.807) is 18.2 Å². The second kappa shape index (κ2) is 6.10. The number of hydrogen-bond acceptors (Lipinski definition) is 3. The van der Waals surface area contributed by atoms with E-state index in [2.05, 4.69) is 15.5 Å². The average Bonchev–Trinajstić information content (AvgIpc) is 2.49. The lowest BCUT2D eigenvalue weighted by Gasteiger charge is -2.24. The quantitative estimate of drug-likeness (QED) is 0.883. The molecule has 1 atom stereocenters. The summed E-state index contributed by atoms with van der Waals surface area (Å²) in [7, 11) is 0. The first-order valence-corrected chi connectivity index (χ1v) is 7.62. The van der Waals surface area contributed by atoms with Gasteiger partial charge in [-0.25, -0.2) is 5.10 Å². The number of carbonyl (C=O) groups is 1. The number of nitrogens with zero attached hydrogens (tertiary/aromatic N) is 1. The molecule has 0 aliphatic heterocycles. The van der Waals surface area contributed by atoms with Gasteiger partial charge in [-0.05, 0) is 37.0 Å². The number of rotatable bonds is 2. The molecule has 0 radical (unpaired) electrons. The maximum atomic E-state index is 12.3. The molecule has 0 unspecified atom stereocenters. The van der Waals surface area contributed by atoms with Gasteiger partial charge >= 0.3 is 0 Å². The minimum absolute atomic E-state index is 0.0568. The van der Waals surface area contributed by atoms with Crippen molar-refractivity contribution in [3.63, 3.8) is 0 Å². The van der Waals surface area contributed by atoms with E-state index in [1.807, 2.05) is 0 Å². The van der Waals surface area contributed by atoms with Gasteiger partial charge in [-0.2, -0.15) is 5.10 Å². The van der Waals surface area contributed by atoms with E-state index in [4.69, 9.17) is 23.2 Å². The largest absolute Gasteiger partial charge is 0.349 e. The van der Waals surface area contributed by atoms with Gasteiger partial charge in [-0.3, -0.25) is 9.59 Å². The minimum atomic E-state index is -0.265. The normalized spacial score (nSPS) is 16.9. The van der Waals surface area contributed by atoms with Crippen molar-refractivity contribution in [3.05, 3.63) is 61.5 Å². The van der Waals surface area contributed by atoms with Crippen molar-refractivity contribution in [3.8, 4) is 0 Å². The molecule has 1 aromatic carbocycles. The number of aromatic amines is 1. The van der Waals surface area contributed by atoms with Gasteiger partial charge in [0.2, 0.25) is 0 Å². The van der Waals surface area contributed by atoms with Crippen LogP contribution in [0.4, 0.5) is 0 Å². The molecule has 1 aliphatic rings. The predicted octanol–water partition coefficient (Wildman–Crippen LogP) is 2.36. The summed E-state index contributed by atoms with van der Waals surface area (Å²) < 4.78 is 0. The van der Waals surface area contributed by atoms with Crippen LogP contribution in [-0.2, 0) is 12.8 Å². The molecule has 0 saturated carbocycles. The molecule has 2 N–H and O–H groups in total. The van der Waals surface area contributed by atoms with E-state index < -0.39 is 0 Å². The van der Waals surface area contributed by atoms with Gasteiger partial charge in [0.15, 0.2) is 0 Å². The molecule has 1 amide bonds. The summed E-state index contributed by atoms with van der Waals surface area (Å²) in [5, 5.41) is 9.99. The molecule has 0 bridgehead atoms. The molecule has 3 rings (SSSR count). The Morgan fingerprint density at radius 1 is 1.36 bits per heavy atom. The first kappa shape index (κ1) is 15.1. The highest BCUT2D eigenvalue weighted by molar-refractivity contribution is 6.43. The van der Waals surface area contributed by atoms with Crippen molar-refractivity contribution in [1.29, 1.82) is 0 Å². The highest BCUT2D eigenvalue weighted by Crippen LogP contribution is 2.26. The molecule has 114 valence electrons. The number of amides is 1. The van der Waals surface area contributed by atoms with Crippen molar-refractivity contribution in [2.75, 3.05) is 0 Å². The number of nitrogens with one attached hydrogen (secondary N) is 2. The molecule has 1 aromatic heterocycles. The Kier molecular flexibility index (Phi) is 4.18. The van der Waals surface area contributed by atoms with Gasteiger partial charge in [0.25, 0.3) is 11.5 Å². The molecule has 2 aromatic rings. The second-order valence-electron chi connectivity index (χ2n) is 5.22. The number of aryl methyl sites for hydroxylation is 1. The lowest BCUT2D eigenvalue weighted by molar-refractivity contribution is 0.0933. The Morgan fingerprint density at radius 2 is 2.18 bits per heavy atom. The third-order valence-corrected chi connectivity index (χ3v) is 4.52. The molecule has 7 heteroatoms. The monoisotopic (exact) mass is 337 g/mol. The van der Waals surface area contributed by atoms with Crippen LogP contribution in [0.15, 0.2) is 29.1 Å². The fraction of sp³-hybridized carbons (Fsp3) is 0.267. The van der Waals surface area contributed by atoms with Crippen molar-refractivity contribution in [1.82, 2.24) is 15.5 Å². The smallest absolute Gasteiger partial charge is 0.264 e. The van der Waals surface area contributed by atoms with Crippen LogP contribution in [0.5, 0.6) is 0 Å². The van der Waals surface area contributed by atoms with E-state index in [1.165, 1.54) is 6.07 Å². The van der Waals surface area contributed by atoms with Crippen LogP contribution in [0.1, 0.15) is 28.0 Å². The summed E-state index contributed by atoms with van der Waals surface area (Å²) in [5.74, 6) is -0.265. The molecule has 22 heavy (non-hydrogen) atoms. The van der Waals surface area contributed by atoms with E-state index in [-0.39, 0.29) is 22.5 Å². The fourth-order valence-electron chi connectivity index (χ4n) is 2.61. The Labute approximate surface area is 136 Å². The summed E-state index contributed by atoms with van der Waals surface area (Å²) in [6, 6.07) is 6.43. The number of halogens is 2. The van der Waals surface area contributed by atoms with Crippen LogP contribution in [0.3, 0.4) is 0 Å². The first-order chi connectivity index (χ1) is 10.5. The summed E-state index contributed by atoms with van der Waals surface area (Å²) in [6.07, 6.45) is 2.05. The average molecular weight is 338 g/mol. The Morgan fingerprint density at radius 3 is 3.00 bits per heavy atom. The third-order valence-electron chi connectivity index (χ3n) is 3.70. The Bertz CT molecular complexity index is 789. The van der Waals surface area contributed by atoms with Gasteiger partial charge < -0.3 is 5.32 Å². The predicted molar refractivity (Wildman–Crippen MR) is 84.6 cm³/mol. The van der Waals surface area contributed by atoms with Crippen molar-refractivity contribution in [2.45, 2.75) is 25.3 Å². The molecular weight excluding hydrogens is 325 g/mol. The van der Waals surface area contributed by atoms with Gasteiger partial charge in [0.1, 0.15) is 0 Å². The zero-order valence-electron chi connectivity index (χ0n) is 11.5. The number of hydrogen-bond donors (Lipinski definition) is 2. The Hall–Kier alpha value is -1.85. The zero-order chi connectivity index (χ0) is 15.7. The van der Waals surface area contributed by atoms with Crippen LogP contribution in [0.25, 0.3) is 0 Å². The maximum Gasteiger partial charge on any atom is 0.264 e. The standard InChI is InChI=1S/C15H13Cl2N3O2/c16-11-3-1-2-10(14(11)17)15(22)18-9-4-5-12-8(6-9)7-13(21)20-19-12/h1-3,7,9H,4-6H2,(H,18,22)(H,20,21)/t9-/m0/s1. The topological polar surface area (TPSA) is 74.8 Å². The molecule has 0 saturated heterocycles. The number of aromatic nitrogens is 2. The Balaban J connectivity index is 1.76. The first-order valence-electron chi connectivity index (χ1n) is 6.87. The number of carbonyl (C=O) groups excluding carboxylic acids is 1. The van der Waals surface area contributed by atoms with Gasteiger partial charge in [0, 0.05) is 12.1 Å². The summed E-state index contributed by atoms with van der Waals surface area (Å²) in [5.41, 5.74) is 1.87. The number of benzene rings is 1. The van der Waals surface area contributed by atoms with Crippen molar-refractivity contribution in [2.24, 2.45) is 0 Å². The van der Waals surface area contributed by atoms with E-state index in [0.717, 1.165) is 17.7 Å². The number of H-pyrrole nitrogens is 1. The van der Waals surface area contributed by atoms with Crippen LogP contribution in [-0.4, -0.2) is 22.1 Å². The van der Waals surface area contributed by atoms with E-state index in [0.29, 0.717) is 23.4 Å². The summed E-state index contributed by atoms with van der Waals surface area (Å²) in [6.45, 7) is 0. The van der Waals surface area contributed by atoms with Crippen molar-refractivity contribution >= 4 is 29.1 Å². The van der Waals surface area contributed by atoms with Gasteiger partial charge in [-0.1, -0.05) is 29.3 Å². The minimum Gasteiger partial charge on any atom is -0.349 e. The fourth-order valence-corrected chi connectivity index (χ4v) is 2.99. The molecule has 0 fully saturated rings. The zero-order valence-corrected chi connectivity index (χ0v) is 13.0. The number of fused-ring (bicyclic) bond motifs is 1. The SMILES string of the molecule is O=C(N[C@H]1CCc2n[nH]c(=O)cc2C1)c1cccc(Cl)c1Cl. The molecular formula is C15H13Cl2N3O2. The van der Waals surface area contributed by atoms with Gasteiger partial charge in [0.05, 0.1) is 21.3 Å². The second-order valence-corrected chi connectivity index (χ2v) is 6.00. The molecule has 1 heterocycles. The van der Waals surface area contributed by atoms with E-state index in [9.17, 15) is 9.59 Å². The van der Waals surface area contributed by atoms with Crippen LogP contribution < -0.4 is 10.9 Å².